The van der Waals surface area contributed by atoms with Gasteiger partial charge in [0.05, 0.1) is 16.6 Å². The summed E-state index contributed by atoms with van der Waals surface area (Å²) in [5.74, 6) is 0. The van der Waals surface area contributed by atoms with E-state index in [2.05, 4.69) is 166 Å². The molecule has 2 aliphatic carbocycles. The highest BCUT2D eigenvalue weighted by Gasteiger charge is 2.38. The Kier molecular flexibility index (Phi) is 5.55. The quantitative estimate of drug-likeness (QED) is 0.170. The molecule has 0 spiro atoms. The predicted molar refractivity (Wildman–Crippen MR) is 214 cm³/mol. The maximum Gasteiger partial charge on any atom is 0.0786 e. The van der Waals surface area contributed by atoms with E-state index in [0.29, 0.717) is 0 Å². The number of aromatic nitrogens is 2. The molecule has 0 saturated carbocycles. The van der Waals surface area contributed by atoms with Gasteiger partial charge in [0.2, 0.25) is 0 Å². The zero-order valence-electron chi connectivity index (χ0n) is 29.3. The predicted octanol–water partition coefficient (Wildman–Crippen LogP) is 12.8. The van der Waals surface area contributed by atoms with E-state index in [9.17, 15) is 0 Å². The van der Waals surface area contributed by atoms with E-state index < -0.39 is 0 Å². The highest BCUT2D eigenvalue weighted by atomic mass is 15.0. The Bertz CT molecular complexity index is 2970. The number of benzene rings is 7. The van der Waals surface area contributed by atoms with Crippen molar-refractivity contribution in [3.63, 3.8) is 0 Å². The van der Waals surface area contributed by atoms with Gasteiger partial charge in [-0.25, -0.2) is 0 Å². The molecule has 2 aliphatic rings. The van der Waals surface area contributed by atoms with Gasteiger partial charge in [-0.2, -0.15) is 0 Å². The zero-order chi connectivity index (χ0) is 34.2. The average Bonchev–Trinajstić information content (AvgIpc) is 3.69. The van der Waals surface area contributed by atoms with Gasteiger partial charge >= 0.3 is 0 Å². The topological polar surface area (TPSA) is 17.8 Å². The summed E-state index contributed by atoms with van der Waals surface area (Å²) in [5, 5.41) is 6.21. The molecule has 2 aromatic heterocycles. The summed E-state index contributed by atoms with van der Waals surface area (Å²) in [4.78, 5) is 4.84. The molecule has 11 rings (SSSR count). The van der Waals surface area contributed by atoms with Crippen LogP contribution in [0.25, 0.3) is 82.5 Å². The fraction of sp³-hybridized carbons (Fsp3) is 0.122. The lowest BCUT2D eigenvalue weighted by Crippen LogP contribution is -2.16. The molecule has 51 heavy (non-hydrogen) atoms. The van der Waals surface area contributed by atoms with Crippen molar-refractivity contribution in [1.82, 2.24) is 9.55 Å². The molecule has 242 valence electrons. The molecule has 0 N–H and O–H groups in total. The van der Waals surface area contributed by atoms with Crippen molar-refractivity contribution in [3.8, 4) is 39.1 Å². The van der Waals surface area contributed by atoms with Gasteiger partial charge in [-0.15, -0.1) is 0 Å². The van der Waals surface area contributed by atoms with Gasteiger partial charge < -0.3 is 4.57 Å². The highest BCUT2D eigenvalue weighted by molar-refractivity contribution is 6.13. The number of pyridine rings is 1. The molecule has 0 amide bonds. The van der Waals surface area contributed by atoms with Crippen LogP contribution in [0.15, 0.2) is 146 Å². The first-order chi connectivity index (χ1) is 24.8. The largest absolute Gasteiger partial charge is 0.309 e. The first kappa shape index (κ1) is 28.8. The number of nitrogens with zero attached hydrogens (tertiary/aromatic N) is 2. The van der Waals surface area contributed by atoms with Crippen molar-refractivity contribution < 1.29 is 0 Å². The third-order valence-electron chi connectivity index (χ3n) is 12.2. The molecule has 2 heteroatoms. The Morgan fingerprint density at radius 2 is 1.14 bits per heavy atom. The van der Waals surface area contributed by atoms with E-state index >= 15 is 0 Å². The van der Waals surface area contributed by atoms with E-state index in [1.54, 1.807) is 0 Å². The molecular formula is C49H36N2. The van der Waals surface area contributed by atoms with Gasteiger partial charge in [0.25, 0.3) is 0 Å². The van der Waals surface area contributed by atoms with E-state index in [1.165, 1.54) is 99.3 Å². The Hall–Kier alpha value is -5.99. The van der Waals surface area contributed by atoms with Gasteiger partial charge in [-0.3, -0.25) is 4.98 Å². The molecule has 0 unspecified atom stereocenters. The van der Waals surface area contributed by atoms with Crippen molar-refractivity contribution >= 4 is 43.5 Å². The van der Waals surface area contributed by atoms with E-state index in [-0.39, 0.29) is 10.8 Å². The number of fused-ring (bicyclic) bond motifs is 12. The van der Waals surface area contributed by atoms with Crippen LogP contribution in [-0.4, -0.2) is 9.55 Å². The summed E-state index contributed by atoms with van der Waals surface area (Å²) in [5.41, 5.74) is 17.9. The summed E-state index contributed by atoms with van der Waals surface area (Å²) < 4.78 is 2.50. The van der Waals surface area contributed by atoms with Crippen LogP contribution in [-0.2, 0) is 10.8 Å². The molecule has 9 aromatic rings. The molecule has 7 aromatic carbocycles. The molecule has 0 fully saturated rings. The van der Waals surface area contributed by atoms with Crippen molar-refractivity contribution in [2.75, 3.05) is 0 Å². The minimum atomic E-state index is -0.175. The smallest absolute Gasteiger partial charge is 0.0786 e. The monoisotopic (exact) mass is 652 g/mol. The molecule has 2 nitrogen and oxygen atoms in total. The number of para-hydroxylation sites is 1. The van der Waals surface area contributed by atoms with Gasteiger partial charge in [-0.1, -0.05) is 125 Å². The van der Waals surface area contributed by atoms with Crippen LogP contribution in [0.4, 0.5) is 0 Å². The van der Waals surface area contributed by atoms with Crippen LogP contribution < -0.4 is 0 Å². The fourth-order valence-electron chi connectivity index (χ4n) is 9.63. The molecule has 0 atom stereocenters. The highest BCUT2D eigenvalue weighted by Crippen LogP contribution is 2.53. The van der Waals surface area contributed by atoms with Crippen molar-refractivity contribution in [1.29, 1.82) is 0 Å². The molecule has 0 bridgehead atoms. The van der Waals surface area contributed by atoms with Crippen LogP contribution in [0, 0.1) is 0 Å². The number of hydrogen-bond acceptors (Lipinski definition) is 1. The Morgan fingerprint density at radius 1 is 0.451 bits per heavy atom. The minimum Gasteiger partial charge on any atom is -0.309 e. The van der Waals surface area contributed by atoms with E-state index in [0.717, 1.165) is 5.52 Å². The molecule has 2 heterocycles. The summed E-state index contributed by atoms with van der Waals surface area (Å²) in [7, 11) is 0. The van der Waals surface area contributed by atoms with Crippen LogP contribution in [0.2, 0.25) is 0 Å². The summed E-state index contributed by atoms with van der Waals surface area (Å²) >= 11 is 0. The zero-order valence-corrected chi connectivity index (χ0v) is 29.3. The minimum absolute atomic E-state index is 0.0624. The summed E-state index contributed by atoms with van der Waals surface area (Å²) in [6.07, 6.45) is 1.91. The van der Waals surface area contributed by atoms with Crippen LogP contribution in [0.1, 0.15) is 49.9 Å². The Balaban J connectivity index is 1.09. The lowest BCUT2D eigenvalue weighted by atomic mass is 9.81. The Morgan fingerprint density at radius 3 is 2.04 bits per heavy atom. The first-order valence-electron chi connectivity index (χ1n) is 18.0. The normalized spacial score (nSPS) is 15.0. The van der Waals surface area contributed by atoms with Crippen molar-refractivity contribution in [2.45, 2.75) is 38.5 Å². The van der Waals surface area contributed by atoms with Crippen LogP contribution in [0.3, 0.4) is 0 Å². The Labute approximate surface area is 297 Å². The fourth-order valence-corrected chi connectivity index (χ4v) is 9.63. The third-order valence-corrected chi connectivity index (χ3v) is 12.2. The summed E-state index contributed by atoms with van der Waals surface area (Å²) in [6, 6.07) is 52.2. The third kappa shape index (κ3) is 3.75. The molecule has 0 radical (unpaired) electrons. The van der Waals surface area contributed by atoms with Crippen molar-refractivity contribution in [3.05, 3.63) is 168 Å². The SMILES string of the molecule is CC1(C)c2cc(-c3cccc4ccc5cccnc5c34)ccc2-c2ccc(-n3c4ccccc4c4cc5c(cc43)C(C)(C)c3ccccc3-5)cc21. The second kappa shape index (κ2) is 9.83. The van der Waals surface area contributed by atoms with E-state index in [4.69, 9.17) is 4.98 Å². The maximum absolute atomic E-state index is 4.84. The lowest BCUT2D eigenvalue weighted by molar-refractivity contribution is 0.660. The second-order valence-corrected chi connectivity index (χ2v) is 15.6. The number of rotatable bonds is 2. The molecule has 0 aliphatic heterocycles. The lowest BCUT2D eigenvalue weighted by Gasteiger charge is -2.23. The van der Waals surface area contributed by atoms with Crippen LogP contribution >= 0.6 is 0 Å². The summed E-state index contributed by atoms with van der Waals surface area (Å²) in [6.45, 7) is 9.53. The standard InChI is InChI=1S/C49H36N2/c1-48(2)40-16-7-5-13-34(40)38-27-39-37-14-6-8-17-44(37)51(45(39)28-43(38)48)32-21-23-36-35-22-20-31(25-41(35)49(3,4)42(36)26-32)33-15-9-11-29-18-19-30-12-10-24-50-47(30)46(29)33/h5-28H,1-4H3. The maximum atomic E-state index is 4.84. The second-order valence-electron chi connectivity index (χ2n) is 15.6. The van der Waals surface area contributed by atoms with Gasteiger partial charge in [0, 0.05) is 44.3 Å². The number of hydrogen-bond donors (Lipinski definition) is 0. The molecule has 0 saturated heterocycles. The first-order valence-corrected chi connectivity index (χ1v) is 18.0. The molecular weight excluding hydrogens is 617 g/mol. The van der Waals surface area contributed by atoms with Gasteiger partial charge in [0.1, 0.15) is 0 Å². The van der Waals surface area contributed by atoms with Crippen molar-refractivity contribution in [2.24, 2.45) is 0 Å². The van der Waals surface area contributed by atoms with E-state index in [1.807, 2.05) is 12.3 Å². The van der Waals surface area contributed by atoms with Gasteiger partial charge in [-0.05, 0) is 103 Å². The van der Waals surface area contributed by atoms with Crippen LogP contribution in [0.5, 0.6) is 0 Å². The average molecular weight is 653 g/mol. The van der Waals surface area contributed by atoms with Gasteiger partial charge in [0.15, 0.2) is 0 Å².